The minimum atomic E-state index is -2.86. The Balaban J connectivity index is 1.61. The van der Waals surface area contributed by atoms with Crippen molar-refractivity contribution in [3.63, 3.8) is 0 Å². The van der Waals surface area contributed by atoms with E-state index in [1.54, 1.807) is 0 Å². The molecule has 4 nitrogen and oxygen atoms in total. The zero-order chi connectivity index (χ0) is 19.4. The maximum Gasteiger partial charge on any atom is 0.509 e. The van der Waals surface area contributed by atoms with Gasteiger partial charge >= 0.3 is 6.16 Å². The van der Waals surface area contributed by atoms with Crippen molar-refractivity contribution < 1.29 is 18.8 Å². The Morgan fingerprint density at radius 1 is 0.714 bits per heavy atom. The third-order valence-electron chi connectivity index (χ3n) is 5.01. The number of carbonyl (C=O) groups is 1. The van der Waals surface area contributed by atoms with Gasteiger partial charge < -0.3 is 14.0 Å². The molecule has 142 valence electrons. The minimum absolute atomic E-state index is 0.395. The van der Waals surface area contributed by atoms with Gasteiger partial charge in [0.1, 0.15) is 13.2 Å². The molecule has 0 amide bonds. The van der Waals surface area contributed by atoms with Gasteiger partial charge in [0.2, 0.25) is 0 Å². The van der Waals surface area contributed by atoms with Crippen molar-refractivity contribution in [2.75, 3.05) is 6.16 Å². The molecule has 1 fully saturated rings. The van der Waals surface area contributed by atoms with Gasteiger partial charge in [0, 0.05) is 16.8 Å². The Kier molecular flexibility index (Phi) is 5.31. The van der Waals surface area contributed by atoms with Crippen molar-refractivity contribution in [1.82, 2.24) is 0 Å². The highest BCUT2D eigenvalue weighted by Crippen LogP contribution is 2.46. The lowest BCUT2D eigenvalue weighted by atomic mass is 10.0. The summed E-state index contributed by atoms with van der Waals surface area (Å²) in [6, 6.07) is 28.6. The summed E-state index contributed by atoms with van der Waals surface area (Å²) in [4.78, 5) is 11.8. The highest BCUT2D eigenvalue weighted by atomic mass is 31.2. The Morgan fingerprint density at radius 3 is 1.75 bits per heavy atom. The van der Waals surface area contributed by atoms with E-state index in [-0.39, 0.29) is 0 Å². The first kappa shape index (κ1) is 18.5. The van der Waals surface area contributed by atoms with Crippen LogP contribution in [-0.4, -0.2) is 18.4 Å². The lowest BCUT2D eigenvalue weighted by Crippen LogP contribution is -2.23. The number of carbonyl (C=O) groups excluding carboxylic acids is 1. The van der Waals surface area contributed by atoms with E-state index in [1.807, 2.05) is 91.0 Å². The van der Waals surface area contributed by atoms with Gasteiger partial charge in [-0.05, 0) is 12.0 Å². The number of rotatable bonds is 6. The van der Waals surface area contributed by atoms with Gasteiger partial charge in [-0.25, -0.2) is 4.79 Å². The standard InChI is InChI=1S/C23H21O4P/c24-23-26-21(22(27-23)18-10-4-1-5-11-18)16-17-28(25,19-12-6-2-7-13-19)20-14-8-3-9-15-20/h1-15,21-22H,16-17H2/t21-,22-/m1/s1. The molecule has 0 bridgehead atoms. The van der Waals surface area contributed by atoms with Crippen molar-refractivity contribution in [3.05, 3.63) is 96.6 Å². The van der Waals surface area contributed by atoms with Crippen molar-refractivity contribution in [3.8, 4) is 0 Å². The lowest BCUT2D eigenvalue weighted by Gasteiger charge is -2.22. The van der Waals surface area contributed by atoms with E-state index < -0.39 is 25.5 Å². The van der Waals surface area contributed by atoms with Crippen molar-refractivity contribution >= 4 is 23.9 Å². The average molecular weight is 392 g/mol. The van der Waals surface area contributed by atoms with Crippen LogP contribution in [0.4, 0.5) is 4.79 Å². The molecule has 0 N–H and O–H groups in total. The SMILES string of the molecule is O=C1O[C@H](c2ccccc2)[C@@H](CCP(=O)(c2ccccc2)c2ccccc2)O1. The van der Waals surface area contributed by atoms with Crippen LogP contribution in [0.5, 0.6) is 0 Å². The van der Waals surface area contributed by atoms with Crippen LogP contribution in [-0.2, 0) is 14.0 Å². The van der Waals surface area contributed by atoms with Crippen LogP contribution >= 0.6 is 7.14 Å². The maximum absolute atomic E-state index is 14.1. The van der Waals surface area contributed by atoms with Crippen LogP contribution in [0.15, 0.2) is 91.0 Å². The number of ether oxygens (including phenoxy) is 2. The average Bonchev–Trinajstić information content (AvgIpc) is 3.14. The normalized spacial score (nSPS) is 19.1. The van der Waals surface area contributed by atoms with Crippen LogP contribution in [0.25, 0.3) is 0 Å². The fraction of sp³-hybridized carbons (Fsp3) is 0.174. The Hall–Kier alpha value is -2.84. The summed E-state index contributed by atoms with van der Waals surface area (Å²) in [6.07, 6.45) is -0.768. The molecule has 1 aliphatic heterocycles. The molecule has 0 unspecified atom stereocenters. The summed E-state index contributed by atoms with van der Waals surface area (Å²) < 4.78 is 24.9. The van der Waals surface area contributed by atoms with Crippen LogP contribution in [0, 0.1) is 0 Å². The second-order valence-electron chi connectivity index (χ2n) is 6.78. The van der Waals surface area contributed by atoms with Gasteiger partial charge in [-0.15, -0.1) is 0 Å². The van der Waals surface area contributed by atoms with Crippen LogP contribution in [0.3, 0.4) is 0 Å². The van der Waals surface area contributed by atoms with E-state index in [9.17, 15) is 9.36 Å². The third kappa shape index (κ3) is 3.74. The van der Waals surface area contributed by atoms with E-state index in [4.69, 9.17) is 9.47 Å². The highest BCUT2D eigenvalue weighted by Gasteiger charge is 2.39. The van der Waals surface area contributed by atoms with Gasteiger partial charge in [-0.1, -0.05) is 91.0 Å². The van der Waals surface area contributed by atoms with Crippen molar-refractivity contribution in [1.29, 1.82) is 0 Å². The van der Waals surface area contributed by atoms with Gasteiger partial charge in [0.15, 0.2) is 6.10 Å². The Labute approximate surface area is 164 Å². The summed E-state index contributed by atoms with van der Waals surface area (Å²) in [5, 5.41) is 1.62. The molecule has 0 radical (unpaired) electrons. The van der Waals surface area contributed by atoms with Crippen LogP contribution in [0.1, 0.15) is 18.1 Å². The summed E-state index contributed by atoms with van der Waals surface area (Å²) >= 11 is 0. The first-order valence-electron chi connectivity index (χ1n) is 9.29. The second kappa shape index (κ2) is 8.04. The fourth-order valence-corrected chi connectivity index (χ4v) is 6.32. The van der Waals surface area contributed by atoms with Gasteiger partial charge in [-0.3, -0.25) is 0 Å². The maximum atomic E-state index is 14.1. The largest absolute Gasteiger partial charge is 0.509 e. The molecule has 3 aromatic rings. The number of hydrogen-bond donors (Lipinski definition) is 0. The quantitative estimate of drug-likeness (QED) is 0.452. The molecule has 0 saturated carbocycles. The predicted molar refractivity (Wildman–Crippen MR) is 110 cm³/mol. The van der Waals surface area contributed by atoms with E-state index >= 15 is 0 Å². The van der Waals surface area contributed by atoms with Gasteiger partial charge in [0.05, 0.1) is 0 Å². The zero-order valence-electron chi connectivity index (χ0n) is 15.3. The van der Waals surface area contributed by atoms with Crippen LogP contribution < -0.4 is 10.6 Å². The summed E-state index contributed by atoms with van der Waals surface area (Å²) in [6.45, 7) is 0. The predicted octanol–water partition coefficient (Wildman–Crippen LogP) is 4.67. The van der Waals surface area contributed by atoms with Crippen molar-refractivity contribution in [2.45, 2.75) is 18.6 Å². The molecule has 1 aliphatic rings. The zero-order valence-corrected chi connectivity index (χ0v) is 16.2. The fourth-order valence-electron chi connectivity index (χ4n) is 3.58. The molecule has 2 atom stereocenters. The molecule has 3 aromatic carbocycles. The molecule has 1 heterocycles. The van der Waals surface area contributed by atoms with E-state index in [0.717, 1.165) is 16.2 Å². The first-order valence-corrected chi connectivity index (χ1v) is 11.2. The molecule has 0 aliphatic carbocycles. The minimum Gasteiger partial charge on any atom is -0.427 e. The molecule has 4 rings (SSSR count). The third-order valence-corrected chi connectivity index (χ3v) is 8.16. The summed E-state index contributed by atoms with van der Waals surface area (Å²) in [5.41, 5.74) is 0.882. The summed E-state index contributed by atoms with van der Waals surface area (Å²) in [5.74, 6) is 0. The first-order chi connectivity index (χ1) is 13.7. The molecule has 0 aromatic heterocycles. The Bertz CT molecular complexity index is 930. The van der Waals surface area contributed by atoms with E-state index in [1.165, 1.54) is 0 Å². The number of benzene rings is 3. The lowest BCUT2D eigenvalue weighted by molar-refractivity contribution is 0.115. The second-order valence-corrected chi connectivity index (χ2v) is 9.74. The van der Waals surface area contributed by atoms with Gasteiger partial charge in [-0.2, -0.15) is 0 Å². The van der Waals surface area contributed by atoms with E-state index in [2.05, 4.69) is 0 Å². The number of hydrogen-bond acceptors (Lipinski definition) is 4. The van der Waals surface area contributed by atoms with Gasteiger partial charge in [0.25, 0.3) is 0 Å². The molecule has 0 spiro atoms. The monoisotopic (exact) mass is 392 g/mol. The molecule has 1 saturated heterocycles. The van der Waals surface area contributed by atoms with Crippen LogP contribution in [0.2, 0.25) is 0 Å². The van der Waals surface area contributed by atoms with E-state index in [0.29, 0.717) is 12.6 Å². The summed E-state index contributed by atoms with van der Waals surface area (Å²) in [7, 11) is -2.86. The molecular formula is C23H21O4P. The Morgan fingerprint density at radius 2 is 1.21 bits per heavy atom. The molecule has 28 heavy (non-hydrogen) atoms. The molecule has 5 heteroatoms. The molecular weight excluding hydrogens is 371 g/mol. The topological polar surface area (TPSA) is 52.6 Å². The highest BCUT2D eigenvalue weighted by molar-refractivity contribution is 7.78. The number of cyclic esters (lactones) is 2. The van der Waals surface area contributed by atoms with Crippen molar-refractivity contribution in [2.24, 2.45) is 0 Å². The smallest absolute Gasteiger partial charge is 0.427 e.